The summed E-state index contributed by atoms with van der Waals surface area (Å²) in [4.78, 5) is 59.4. The highest BCUT2D eigenvalue weighted by molar-refractivity contribution is 7.74. The number of carboxylic acids is 1. The number of thiazole rings is 1. The summed E-state index contributed by atoms with van der Waals surface area (Å²) in [7, 11) is 3.75. The molecule has 0 aliphatic carbocycles. The van der Waals surface area contributed by atoms with E-state index < -0.39 is 30.1 Å². The molecule has 51 heavy (non-hydrogen) atoms. The van der Waals surface area contributed by atoms with Crippen LogP contribution in [0.3, 0.4) is 0 Å². The fourth-order valence-corrected chi connectivity index (χ4v) is 8.08. The molecule has 284 valence electrons. The number of hydrogen-bond acceptors (Lipinski definition) is 8. The molecule has 2 unspecified atom stereocenters. The normalized spacial score (nSPS) is 21.2. The molecule has 0 spiro atoms. The molecule has 1 fully saturated rings. The van der Waals surface area contributed by atoms with E-state index in [0.29, 0.717) is 28.3 Å². The zero-order valence-corrected chi connectivity index (χ0v) is 33.3. The van der Waals surface area contributed by atoms with Crippen LogP contribution in [0, 0.1) is 17.8 Å². The van der Waals surface area contributed by atoms with Gasteiger partial charge in [0.05, 0.1) is 32.3 Å². The van der Waals surface area contributed by atoms with Crippen molar-refractivity contribution in [2.45, 2.75) is 117 Å². The third kappa shape index (κ3) is 12.0. The van der Waals surface area contributed by atoms with Gasteiger partial charge in [-0.2, -0.15) is 0 Å². The largest absolute Gasteiger partial charge is 0.481 e. The lowest BCUT2D eigenvalue weighted by molar-refractivity contribution is -0.794. The average molecular weight is 747 g/mol. The van der Waals surface area contributed by atoms with Crippen molar-refractivity contribution in [3.63, 3.8) is 0 Å². The number of benzene rings is 1. The molecule has 2 heterocycles. The summed E-state index contributed by atoms with van der Waals surface area (Å²) in [5, 5.41) is 18.0. The van der Waals surface area contributed by atoms with Gasteiger partial charge in [-0.1, -0.05) is 71.4 Å². The van der Waals surface area contributed by atoms with Crippen LogP contribution in [-0.4, -0.2) is 94.0 Å². The second-order valence-corrected chi connectivity index (χ2v) is 16.5. The Morgan fingerprint density at radius 2 is 1.76 bits per heavy atom. The molecule has 1 aromatic carbocycles. The van der Waals surface area contributed by atoms with Gasteiger partial charge in [-0.15, -0.1) is 11.3 Å². The number of likely N-dealkylation sites (tertiary alicyclic amines) is 1. The van der Waals surface area contributed by atoms with Crippen LogP contribution in [-0.2, 0) is 25.5 Å². The molecular formula is C38H60N5O6S2+. The summed E-state index contributed by atoms with van der Waals surface area (Å²) in [6.45, 7) is 12.9. The molecule has 1 aromatic heterocycles. The van der Waals surface area contributed by atoms with Crippen LogP contribution < -0.4 is 10.6 Å². The monoisotopic (exact) mass is 746 g/mol. The van der Waals surface area contributed by atoms with Crippen molar-refractivity contribution < 1.29 is 32.9 Å². The van der Waals surface area contributed by atoms with Gasteiger partial charge in [0.2, 0.25) is 5.91 Å². The Kier molecular flexibility index (Phi) is 16.4. The molecule has 1 aliphatic heterocycles. The number of ether oxygens (including phenoxy) is 1. The molecule has 1 saturated heterocycles. The number of amides is 3. The first kappa shape index (κ1) is 42.4. The second kappa shape index (κ2) is 19.7. The number of carbonyl (C=O) groups excluding carboxylic acids is 3. The summed E-state index contributed by atoms with van der Waals surface area (Å²) in [5.74, 6) is -2.22. The quantitative estimate of drug-likeness (QED) is 0.104. The minimum absolute atomic E-state index is 0.0589. The fourth-order valence-electron chi connectivity index (χ4n) is 6.86. The van der Waals surface area contributed by atoms with Crippen molar-refractivity contribution >= 4 is 47.8 Å². The number of quaternary nitrogens is 1. The Labute approximate surface area is 314 Å². The van der Waals surface area contributed by atoms with Crippen LogP contribution in [0.2, 0.25) is 0 Å². The molecule has 8 atom stereocenters. The van der Waals surface area contributed by atoms with E-state index in [1.807, 2.05) is 58.2 Å². The van der Waals surface area contributed by atoms with E-state index in [0.717, 1.165) is 37.8 Å². The Balaban J connectivity index is 1.78. The Hall–Kier alpha value is -3.00. The fraction of sp³-hybridized carbons (Fsp3) is 0.658. The van der Waals surface area contributed by atoms with E-state index in [-0.39, 0.29) is 53.8 Å². The van der Waals surface area contributed by atoms with Crippen molar-refractivity contribution in [1.29, 1.82) is 0 Å². The van der Waals surface area contributed by atoms with E-state index in [1.54, 1.807) is 24.3 Å². The molecule has 3 N–H and O–H groups in total. The standard InChI is InChI=1S/C38H59N5O6S2/c1-9-25(5)33(41-35(45)31-18-14-15-19-43(31,8)50)37(46)42(7)30(24(3)4)22-32(49-10-2)36-40-29(23-51-36)34(44)39-28(20-26(6)38(47)48)21-27-16-12-11-13-17-27/h11-13,16-17,23-26,28,30-33,50H,9-10,14-15,18-22H2,1-8H3,(H2-,39,41,44,45,47,48)/p+1/t25-,26-,28+,30+,31+,32+,33?,43?/m0/s1. The lowest BCUT2D eigenvalue weighted by Crippen LogP contribution is -2.60. The van der Waals surface area contributed by atoms with Crippen LogP contribution in [0.5, 0.6) is 0 Å². The van der Waals surface area contributed by atoms with Gasteiger partial charge in [0, 0.05) is 44.0 Å². The Morgan fingerprint density at radius 1 is 1.08 bits per heavy atom. The molecular weight excluding hydrogens is 687 g/mol. The SMILES string of the molecule is CCO[C@H](C[C@H](C(C)C)N(C)C(=O)C(NC(=O)[C@H]1CCCC[N+]1(C)S)[C@@H](C)CC)c1nc(C(=O)N[C@@H](Cc2ccccc2)C[C@H](C)C(=O)O)cs1. The molecule has 0 saturated carbocycles. The maximum Gasteiger partial charge on any atom is 0.306 e. The van der Waals surface area contributed by atoms with Crippen LogP contribution >= 0.6 is 24.2 Å². The first-order valence-electron chi connectivity index (χ1n) is 18.4. The predicted molar refractivity (Wildman–Crippen MR) is 204 cm³/mol. The van der Waals surface area contributed by atoms with Crippen molar-refractivity contribution in [1.82, 2.24) is 20.5 Å². The number of hydrogen-bond donors (Lipinski definition) is 4. The van der Waals surface area contributed by atoms with Gasteiger partial charge in [-0.3, -0.25) is 23.1 Å². The summed E-state index contributed by atoms with van der Waals surface area (Å²) < 4.78 is 6.52. The number of nitrogens with zero attached hydrogens (tertiary/aromatic N) is 3. The van der Waals surface area contributed by atoms with E-state index in [4.69, 9.17) is 22.5 Å². The van der Waals surface area contributed by atoms with Gasteiger partial charge in [-0.05, 0) is 50.0 Å². The predicted octanol–water partition coefficient (Wildman–Crippen LogP) is 5.92. The van der Waals surface area contributed by atoms with Crippen LogP contribution in [0.4, 0.5) is 0 Å². The molecule has 3 amide bonds. The summed E-state index contributed by atoms with van der Waals surface area (Å²) in [6.07, 6.45) is 4.17. The second-order valence-electron chi connectivity index (χ2n) is 14.7. The lowest BCUT2D eigenvalue weighted by atomic mass is 9.92. The molecule has 2 aromatic rings. The summed E-state index contributed by atoms with van der Waals surface area (Å²) in [5.41, 5.74) is 1.24. The van der Waals surface area contributed by atoms with Gasteiger partial charge >= 0.3 is 5.97 Å². The van der Waals surface area contributed by atoms with Crippen molar-refractivity contribution in [2.75, 3.05) is 27.2 Å². The number of thiol groups is 1. The minimum Gasteiger partial charge on any atom is -0.481 e. The Morgan fingerprint density at radius 3 is 2.35 bits per heavy atom. The van der Waals surface area contributed by atoms with Crippen LogP contribution in [0.25, 0.3) is 0 Å². The number of carboxylic acid groups (broad SMARTS) is 1. The van der Waals surface area contributed by atoms with Gasteiger partial charge in [0.25, 0.3) is 11.8 Å². The lowest BCUT2D eigenvalue weighted by Gasteiger charge is -2.40. The van der Waals surface area contributed by atoms with Gasteiger partial charge < -0.3 is 25.4 Å². The molecule has 1 aliphatic rings. The summed E-state index contributed by atoms with van der Waals surface area (Å²) >= 11 is 6.11. The van der Waals surface area contributed by atoms with Crippen molar-refractivity contribution in [3.8, 4) is 0 Å². The van der Waals surface area contributed by atoms with Crippen molar-refractivity contribution in [2.24, 2.45) is 17.8 Å². The maximum atomic E-state index is 14.2. The number of aromatic nitrogens is 1. The van der Waals surface area contributed by atoms with Crippen molar-refractivity contribution in [3.05, 3.63) is 52.0 Å². The smallest absolute Gasteiger partial charge is 0.306 e. The van der Waals surface area contributed by atoms with Gasteiger partial charge in [0.15, 0.2) is 6.04 Å². The molecule has 11 nitrogen and oxygen atoms in total. The minimum atomic E-state index is -0.914. The highest BCUT2D eigenvalue weighted by Gasteiger charge is 2.42. The number of carbonyl (C=O) groups is 4. The third-order valence-corrected chi connectivity index (χ3v) is 11.7. The van der Waals surface area contributed by atoms with Gasteiger partial charge in [0.1, 0.15) is 22.8 Å². The van der Waals surface area contributed by atoms with Crippen LogP contribution in [0.15, 0.2) is 35.7 Å². The highest BCUT2D eigenvalue weighted by atomic mass is 32.1. The maximum absolute atomic E-state index is 14.2. The molecule has 13 heteroatoms. The zero-order chi connectivity index (χ0) is 37.9. The third-order valence-electron chi connectivity index (χ3n) is 10.3. The topological polar surface area (TPSA) is 138 Å². The number of rotatable bonds is 19. The first-order chi connectivity index (χ1) is 24.1. The number of nitrogens with one attached hydrogen (secondary N) is 2. The molecule has 3 rings (SSSR count). The number of piperidine rings is 1. The number of aliphatic carboxylic acids is 1. The van der Waals surface area contributed by atoms with E-state index in [1.165, 1.54) is 11.3 Å². The van der Waals surface area contributed by atoms with Gasteiger partial charge in [-0.25, -0.2) is 4.98 Å². The number of likely N-dealkylation sites (N-methyl/N-ethyl adjacent to an activating group) is 2. The zero-order valence-electron chi connectivity index (χ0n) is 31.6. The van der Waals surface area contributed by atoms with E-state index >= 15 is 0 Å². The Bertz CT molecular complexity index is 1440. The first-order valence-corrected chi connectivity index (χ1v) is 19.7. The molecule has 0 bridgehead atoms. The average Bonchev–Trinajstić information content (AvgIpc) is 3.58. The van der Waals surface area contributed by atoms with E-state index in [2.05, 4.69) is 24.5 Å². The van der Waals surface area contributed by atoms with Crippen LogP contribution in [0.1, 0.15) is 107 Å². The van der Waals surface area contributed by atoms with E-state index in [9.17, 15) is 24.3 Å². The molecule has 0 radical (unpaired) electrons. The summed E-state index contributed by atoms with van der Waals surface area (Å²) in [6, 6.07) is 8.01. The highest BCUT2D eigenvalue weighted by Crippen LogP contribution is 2.31.